The summed E-state index contributed by atoms with van der Waals surface area (Å²) < 4.78 is 4.79. The fourth-order valence-corrected chi connectivity index (χ4v) is 2.34. The first-order valence-corrected chi connectivity index (χ1v) is 8.34. The van der Waals surface area contributed by atoms with Crippen LogP contribution in [0.1, 0.15) is 47.0 Å². The number of carbonyl (C=O) groups excluding carboxylic acids is 2. The highest BCUT2D eigenvalue weighted by Crippen LogP contribution is 2.21. The van der Waals surface area contributed by atoms with E-state index in [1.165, 1.54) is 7.11 Å². The van der Waals surface area contributed by atoms with Crippen LogP contribution in [0.5, 0.6) is 0 Å². The highest BCUT2D eigenvalue weighted by Gasteiger charge is 2.12. The van der Waals surface area contributed by atoms with Crippen molar-refractivity contribution in [2.75, 3.05) is 19.0 Å². The van der Waals surface area contributed by atoms with Crippen molar-refractivity contribution in [3.05, 3.63) is 53.9 Å². The number of unbranched alkanes of at least 4 members (excludes halogenated alkanes) is 2. The van der Waals surface area contributed by atoms with Crippen LogP contribution in [0.25, 0.3) is 0 Å². The van der Waals surface area contributed by atoms with Crippen LogP contribution < -0.4 is 10.6 Å². The molecule has 0 saturated carbocycles. The fraction of sp³-hybridized carbons (Fsp3) is 0.316. The van der Waals surface area contributed by atoms with E-state index in [0.717, 1.165) is 19.3 Å². The van der Waals surface area contributed by atoms with Gasteiger partial charge in [-0.05, 0) is 30.7 Å². The predicted octanol–water partition coefficient (Wildman–Crippen LogP) is 3.53. The molecule has 0 unspecified atom stereocenters. The second kappa shape index (κ2) is 9.42. The molecule has 132 valence electrons. The Hall–Kier alpha value is -2.89. The zero-order valence-electron chi connectivity index (χ0n) is 14.5. The molecule has 25 heavy (non-hydrogen) atoms. The van der Waals surface area contributed by atoms with Gasteiger partial charge in [-0.1, -0.05) is 31.9 Å². The number of benzene rings is 1. The van der Waals surface area contributed by atoms with Gasteiger partial charge in [0.2, 0.25) is 0 Å². The molecular weight excluding hydrogens is 318 g/mol. The smallest absolute Gasteiger partial charge is 0.339 e. The minimum Gasteiger partial charge on any atom is -0.465 e. The van der Waals surface area contributed by atoms with Gasteiger partial charge in [0.15, 0.2) is 0 Å². The lowest BCUT2D eigenvalue weighted by molar-refractivity contribution is 0.0601. The van der Waals surface area contributed by atoms with Gasteiger partial charge in [0.25, 0.3) is 5.91 Å². The Labute approximate surface area is 147 Å². The minimum atomic E-state index is -0.425. The average Bonchev–Trinajstić information content (AvgIpc) is 2.65. The topological polar surface area (TPSA) is 80.3 Å². The normalized spacial score (nSPS) is 10.2. The van der Waals surface area contributed by atoms with E-state index in [9.17, 15) is 9.59 Å². The van der Waals surface area contributed by atoms with Crippen LogP contribution in [0.2, 0.25) is 0 Å². The average molecular weight is 341 g/mol. The van der Waals surface area contributed by atoms with E-state index in [1.54, 1.807) is 36.5 Å². The Kier molecular flexibility index (Phi) is 6.95. The zero-order valence-corrected chi connectivity index (χ0v) is 14.5. The number of rotatable bonds is 8. The summed E-state index contributed by atoms with van der Waals surface area (Å²) >= 11 is 0. The first-order valence-electron chi connectivity index (χ1n) is 8.34. The van der Waals surface area contributed by atoms with Crippen molar-refractivity contribution in [3.63, 3.8) is 0 Å². The lowest BCUT2D eigenvalue weighted by Gasteiger charge is -2.11. The Morgan fingerprint density at radius 2 is 1.96 bits per heavy atom. The van der Waals surface area contributed by atoms with Gasteiger partial charge in [-0.3, -0.25) is 9.78 Å². The molecular formula is C19H23N3O3. The maximum atomic E-state index is 12.2. The third-order valence-corrected chi connectivity index (χ3v) is 3.67. The molecule has 0 fully saturated rings. The number of amides is 1. The Morgan fingerprint density at radius 1 is 1.16 bits per heavy atom. The number of ether oxygens (including phenoxy) is 1. The summed E-state index contributed by atoms with van der Waals surface area (Å²) in [6.45, 7) is 2.75. The van der Waals surface area contributed by atoms with Gasteiger partial charge in [0.05, 0.1) is 18.4 Å². The molecule has 1 heterocycles. The summed E-state index contributed by atoms with van der Waals surface area (Å²) in [6.07, 6.45) is 4.70. The van der Waals surface area contributed by atoms with Crippen LogP contribution in [0.3, 0.4) is 0 Å². The van der Waals surface area contributed by atoms with E-state index in [-0.39, 0.29) is 5.91 Å². The van der Waals surface area contributed by atoms with E-state index in [2.05, 4.69) is 22.5 Å². The monoisotopic (exact) mass is 341 g/mol. The SMILES string of the molecule is CCCCCNC(=O)c1cc(Nc2ccccc2C(=O)OC)ccn1. The number of methoxy groups -OCH3 is 1. The number of nitrogens with one attached hydrogen (secondary N) is 2. The summed E-state index contributed by atoms with van der Waals surface area (Å²) in [5.74, 6) is -0.632. The maximum absolute atomic E-state index is 12.2. The highest BCUT2D eigenvalue weighted by molar-refractivity contribution is 5.97. The van der Waals surface area contributed by atoms with E-state index < -0.39 is 5.97 Å². The van der Waals surface area contributed by atoms with E-state index in [1.807, 2.05) is 6.07 Å². The Bertz CT molecular complexity index is 731. The lowest BCUT2D eigenvalue weighted by Crippen LogP contribution is -2.25. The number of pyridine rings is 1. The molecule has 0 atom stereocenters. The molecule has 1 amide bonds. The van der Waals surface area contributed by atoms with Crippen molar-refractivity contribution in [1.82, 2.24) is 10.3 Å². The van der Waals surface area contributed by atoms with Crippen molar-refractivity contribution in [2.24, 2.45) is 0 Å². The summed E-state index contributed by atoms with van der Waals surface area (Å²) in [5, 5.41) is 6.00. The number of aromatic nitrogens is 1. The predicted molar refractivity (Wildman–Crippen MR) is 97.2 cm³/mol. The standard InChI is InChI=1S/C19H23N3O3/c1-3-4-7-11-21-18(23)17-13-14(10-12-20-17)22-16-9-6-5-8-15(16)19(24)25-2/h5-6,8-10,12-13H,3-4,7,11H2,1-2H3,(H,20,22)(H,21,23). The maximum Gasteiger partial charge on any atom is 0.339 e. The van der Waals surface area contributed by atoms with E-state index >= 15 is 0 Å². The number of carbonyl (C=O) groups is 2. The Morgan fingerprint density at radius 3 is 2.72 bits per heavy atom. The van der Waals surface area contributed by atoms with Crippen molar-refractivity contribution < 1.29 is 14.3 Å². The molecule has 0 aliphatic rings. The quantitative estimate of drug-likeness (QED) is 0.567. The third-order valence-electron chi connectivity index (χ3n) is 3.67. The van der Waals surface area contributed by atoms with Gasteiger partial charge in [0.1, 0.15) is 5.69 Å². The first-order chi connectivity index (χ1) is 12.2. The second-order valence-corrected chi connectivity index (χ2v) is 5.55. The molecule has 6 nitrogen and oxygen atoms in total. The highest BCUT2D eigenvalue weighted by atomic mass is 16.5. The van der Waals surface area contributed by atoms with Crippen LogP contribution in [-0.2, 0) is 4.74 Å². The number of para-hydroxylation sites is 1. The van der Waals surface area contributed by atoms with Gasteiger partial charge in [0, 0.05) is 18.4 Å². The minimum absolute atomic E-state index is 0.207. The third kappa shape index (κ3) is 5.31. The molecule has 1 aromatic carbocycles. The molecule has 0 aliphatic carbocycles. The largest absolute Gasteiger partial charge is 0.465 e. The number of hydrogen-bond donors (Lipinski definition) is 2. The zero-order chi connectivity index (χ0) is 18.1. The van der Waals surface area contributed by atoms with E-state index in [0.29, 0.717) is 29.2 Å². The number of anilines is 2. The molecule has 0 spiro atoms. The molecule has 2 rings (SSSR count). The van der Waals surface area contributed by atoms with Crippen molar-refractivity contribution in [3.8, 4) is 0 Å². The molecule has 2 N–H and O–H groups in total. The van der Waals surface area contributed by atoms with Crippen molar-refractivity contribution in [1.29, 1.82) is 0 Å². The second-order valence-electron chi connectivity index (χ2n) is 5.55. The van der Waals surface area contributed by atoms with Crippen LogP contribution in [0, 0.1) is 0 Å². The van der Waals surface area contributed by atoms with Gasteiger partial charge >= 0.3 is 5.97 Å². The molecule has 0 saturated heterocycles. The summed E-state index contributed by atoms with van der Waals surface area (Å²) in [6, 6.07) is 10.4. The van der Waals surface area contributed by atoms with E-state index in [4.69, 9.17) is 4.74 Å². The summed E-state index contributed by atoms with van der Waals surface area (Å²) in [4.78, 5) is 28.1. The van der Waals surface area contributed by atoms with Crippen LogP contribution in [0.4, 0.5) is 11.4 Å². The van der Waals surface area contributed by atoms with Gasteiger partial charge in [-0.25, -0.2) is 4.79 Å². The Balaban J connectivity index is 2.09. The van der Waals surface area contributed by atoms with Crippen LogP contribution in [0.15, 0.2) is 42.6 Å². The number of nitrogens with zero attached hydrogens (tertiary/aromatic N) is 1. The first kappa shape index (κ1) is 18.4. The molecule has 2 aromatic rings. The molecule has 6 heteroatoms. The molecule has 0 aliphatic heterocycles. The lowest BCUT2D eigenvalue weighted by atomic mass is 10.1. The number of esters is 1. The van der Waals surface area contributed by atoms with Gasteiger partial charge in [-0.2, -0.15) is 0 Å². The van der Waals surface area contributed by atoms with Crippen LogP contribution >= 0.6 is 0 Å². The molecule has 1 aromatic heterocycles. The number of hydrogen-bond acceptors (Lipinski definition) is 5. The summed E-state index contributed by atoms with van der Waals surface area (Å²) in [5.41, 5.74) is 2.03. The van der Waals surface area contributed by atoms with Gasteiger partial charge < -0.3 is 15.4 Å². The summed E-state index contributed by atoms with van der Waals surface area (Å²) in [7, 11) is 1.34. The van der Waals surface area contributed by atoms with Crippen molar-refractivity contribution in [2.45, 2.75) is 26.2 Å². The van der Waals surface area contributed by atoms with Crippen molar-refractivity contribution >= 4 is 23.3 Å². The van der Waals surface area contributed by atoms with Crippen LogP contribution in [-0.4, -0.2) is 30.5 Å². The fourth-order valence-electron chi connectivity index (χ4n) is 2.34. The molecule has 0 bridgehead atoms. The molecule has 0 radical (unpaired) electrons. The van der Waals surface area contributed by atoms with Gasteiger partial charge in [-0.15, -0.1) is 0 Å².